The van der Waals surface area contributed by atoms with E-state index in [0.717, 1.165) is 5.56 Å². The Morgan fingerprint density at radius 2 is 2.15 bits per heavy atom. The fourth-order valence-corrected chi connectivity index (χ4v) is 2.04. The van der Waals surface area contributed by atoms with Crippen molar-refractivity contribution in [1.29, 1.82) is 5.26 Å². The highest BCUT2D eigenvalue weighted by atomic mass is 35.5. The van der Waals surface area contributed by atoms with Crippen LogP contribution in [0.2, 0.25) is 5.22 Å². The third-order valence-electron chi connectivity index (χ3n) is 2.97. The van der Waals surface area contributed by atoms with Crippen molar-refractivity contribution in [2.24, 2.45) is 0 Å². The number of furan rings is 1. The van der Waals surface area contributed by atoms with Crippen molar-refractivity contribution in [3.05, 3.63) is 52.4 Å². The fraction of sp³-hybridized carbons (Fsp3) is 0.200. The predicted octanol–water partition coefficient (Wildman–Crippen LogP) is 3.74. The molecule has 0 radical (unpaired) electrons. The maximum absolute atomic E-state index is 12.3. The van der Waals surface area contributed by atoms with Crippen LogP contribution in [0.4, 0.5) is 0 Å². The van der Waals surface area contributed by atoms with E-state index >= 15 is 0 Å². The van der Waals surface area contributed by atoms with Crippen LogP contribution in [-0.2, 0) is 0 Å². The molecule has 2 aromatic rings. The van der Waals surface area contributed by atoms with E-state index < -0.39 is 11.7 Å². The molecule has 0 saturated carbocycles. The molecule has 0 N–H and O–H groups in total. The summed E-state index contributed by atoms with van der Waals surface area (Å²) in [6, 6.07) is 10.1. The molecule has 0 saturated heterocycles. The lowest BCUT2D eigenvalue weighted by molar-refractivity contribution is 0.0952. The molecule has 1 atom stereocenters. The van der Waals surface area contributed by atoms with Crippen LogP contribution in [0.3, 0.4) is 0 Å². The zero-order valence-electron chi connectivity index (χ0n) is 11.0. The van der Waals surface area contributed by atoms with Gasteiger partial charge in [0.15, 0.2) is 11.0 Å². The van der Waals surface area contributed by atoms with Gasteiger partial charge in [0.2, 0.25) is 5.78 Å². The number of halogens is 1. The Kier molecular flexibility index (Phi) is 4.11. The van der Waals surface area contributed by atoms with E-state index in [1.165, 1.54) is 12.1 Å². The molecule has 1 unspecified atom stereocenters. The SMILES string of the molecule is COc1cc(C(C#N)C(=O)c2ccc(Cl)o2)ccc1C. The van der Waals surface area contributed by atoms with Crippen LogP contribution in [0.15, 0.2) is 34.7 Å². The van der Waals surface area contributed by atoms with E-state index in [2.05, 4.69) is 0 Å². The summed E-state index contributed by atoms with van der Waals surface area (Å²) in [6.07, 6.45) is 0. The summed E-state index contributed by atoms with van der Waals surface area (Å²) in [6.45, 7) is 1.89. The van der Waals surface area contributed by atoms with Gasteiger partial charge >= 0.3 is 0 Å². The average molecular weight is 290 g/mol. The molecule has 0 aliphatic heterocycles. The summed E-state index contributed by atoms with van der Waals surface area (Å²) in [4.78, 5) is 12.3. The van der Waals surface area contributed by atoms with Gasteiger partial charge in [-0.15, -0.1) is 0 Å². The topological polar surface area (TPSA) is 63.2 Å². The molecular formula is C15H12ClNO3. The van der Waals surface area contributed by atoms with Crippen molar-refractivity contribution in [1.82, 2.24) is 0 Å². The summed E-state index contributed by atoms with van der Waals surface area (Å²) in [5.41, 5.74) is 1.49. The first-order valence-electron chi connectivity index (χ1n) is 5.90. The van der Waals surface area contributed by atoms with Gasteiger partial charge in [-0.1, -0.05) is 12.1 Å². The first-order chi connectivity index (χ1) is 9.56. The van der Waals surface area contributed by atoms with Crippen LogP contribution in [-0.4, -0.2) is 12.9 Å². The highest BCUT2D eigenvalue weighted by Crippen LogP contribution is 2.27. The maximum Gasteiger partial charge on any atom is 0.219 e. The largest absolute Gasteiger partial charge is 0.496 e. The number of nitriles is 1. The number of hydrogen-bond acceptors (Lipinski definition) is 4. The van der Waals surface area contributed by atoms with Crippen molar-refractivity contribution in [2.45, 2.75) is 12.8 Å². The quantitative estimate of drug-likeness (QED) is 0.804. The Bertz CT molecular complexity index is 685. The van der Waals surface area contributed by atoms with Crippen LogP contribution in [0, 0.1) is 18.3 Å². The van der Waals surface area contributed by atoms with E-state index in [9.17, 15) is 10.1 Å². The number of carbonyl (C=O) groups excluding carboxylic acids is 1. The number of Topliss-reactive ketones (excluding diaryl/α,β-unsaturated/α-hetero) is 1. The van der Waals surface area contributed by atoms with Crippen LogP contribution < -0.4 is 4.74 Å². The first kappa shape index (κ1) is 14.2. The highest BCUT2D eigenvalue weighted by molar-refractivity contribution is 6.29. The molecule has 5 heteroatoms. The van der Waals surface area contributed by atoms with Crippen LogP contribution >= 0.6 is 11.6 Å². The molecule has 102 valence electrons. The van der Waals surface area contributed by atoms with Gasteiger partial charge in [-0.2, -0.15) is 5.26 Å². The lowest BCUT2D eigenvalue weighted by atomic mass is 9.94. The lowest BCUT2D eigenvalue weighted by Crippen LogP contribution is -2.10. The van der Waals surface area contributed by atoms with E-state index in [4.69, 9.17) is 20.8 Å². The van der Waals surface area contributed by atoms with Gasteiger partial charge in [0.05, 0.1) is 13.2 Å². The Morgan fingerprint density at radius 3 is 2.70 bits per heavy atom. The Balaban J connectivity index is 2.38. The molecular weight excluding hydrogens is 278 g/mol. The predicted molar refractivity (Wildman–Crippen MR) is 74.1 cm³/mol. The molecule has 2 rings (SSSR count). The normalized spacial score (nSPS) is 11.7. The Labute approximate surface area is 121 Å². The van der Waals surface area contributed by atoms with Gasteiger partial charge in [0.25, 0.3) is 0 Å². The number of benzene rings is 1. The standard InChI is InChI=1S/C15H12ClNO3/c1-9-3-4-10(7-13(9)19-2)11(8-17)15(18)12-5-6-14(16)20-12/h3-7,11H,1-2H3. The monoisotopic (exact) mass is 289 g/mol. The van der Waals surface area contributed by atoms with E-state index in [1.807, 2.05) is 13.0 Å². The van der Waals surface area contributed by atoms with Crippen molar-refractivity contribution in [3.63, 3.8) is 0 Å². The number of rotatable bonds is 4. The van der Waals surface area contributed by atoms with Gasteiger partial charge in [-0.3, -0.25) is 4.79 Å². The molecule has 1 aromatic heterocycles. The van der Waals surface area contributed by atoms with Crippen LogP contribution in [0.5, 0.6) is 5.75 Å². The molecule has 4 nitrogen and oxygen atoms in total. The number of nitrogens with zero attached hydrogens (tertiary/aromatic N) is 1. The number of aryl methyl sites for hydroxylation is 1. The van der Waals surface area contributed by atoms with Crippen LogP contribution in [0.25, 0.3) is 0 Å². The number of hydrogen-bond donors (Lipinski definition) is 0. The molecule has 0 bridgehead atoms. The maximum atomic E-state index is 12.3. The summed E-state index contributed by atoms with van der Waals surface area (Å²) in [5.74, 6) is -0.675. The molecule has 20 heavy (non-hydrogen) atoms. The molecule has 0 aliphatic carbocycles. The number of ether oxygens (including phenoxy) is 1. The van der Waals surface area contributed by atoms with Gasteiger partial charge in [-0.25, -0.2) is 0 Å². The minimum absolute atomic E-state index is 0.0705. The summed E-state index contributed by atoms with van der Waals surface area (Å²) < 4.78 is 10.3. The van der Waals surface area contributed by atoms with Gasteiger partial charge in [0, 0.05) is 0 Å². The second kappa shape index (κ2) is 5.81. The Morgan fingerprint density at radius 1 is 1.40 bits per heavy atom. The van der Waals surface area contributed by atoms with Gasteiger partial charge in [-0.05, 0) is 47.9 Å². The molecule has 1 heterocycles. The highest BCUT2D eigenvalue weighted by Gasteiger charge is 2.25. The number of carbonyl (C=O) groups is 1. The average Bonchev–Trinajstić information content (AvgIpc) is 2.88. The zero-order valence-corrected chi connectivity index (χ0v) is 11.8. The molecule has 0 amide bonds. The molecule has 0 aliphatic rings. The zero-order chi connectivity index (χ0) is 14.7. The second-order valence-electron chi connectivity index (χ2n) is 4.26. The smallest absolute Gasteiger partial charge is 0.219 e. The van der Waals surface area contributed by atoms with Crippen molar-refractivity contribution in [2.75, 3.05) is 7.11 Å². The summed E-state index contributed by atoms with van der Waals surface area (Å²) in [5, 5.41) is 9.38. The fourth-order valence-electron chi connectivity index (χ4n) is 1.89. The molecule has 0 spiro atoms. The summed E-state index contributed by atoms with van der Waals surface area (Å²) in [7, 11) is 1.54. The van der Waals surface area contributed by atoms with Crippen molar-refractivity contribution >= 4 is 17.4 Å². The molecule has 0 fully saturated rings. The lowest BCUT2D eigenvalue weighted by Gasteiger charge is -2.10. The third kappa shape index (κ3) is 2.68. The Hall–Kier alpha value is -2.25. The van der Waals surface area contributed by atoms with Crippen molar-refractivity contribution in [3.8, 4) is 11.8 Å². The van der Waals surface area contributed by atoms with Crippen LogP contribution in [0.1, 0.15) is 27.6 Å². The molecule has 1 aromatic carbocycles. The van der Waals surface area contributed by atoms with Gasteiger partial charge < -0.3 is 9.15 Å². The number of methoxy groups -OCH3 is 1. The van der Waals surface area contributed by atoms with Gasteiger partial charge in [0.1, 0.15) is 11.7 Å². The summed E-state index contributed by atoms with van der Waals surface area (Å²) >= 11 is 5.65. The minimum Gasteiger partial charge on any atom is -0.496 e. The van der Waals surface area contributed by atoms with E-state index in [0.29, 0.717) is 11.3 Å². The minimum atomic E-state index is -0.952. The van der Waals surface area contributed by atoms with E-state index in [1.54, 1.807) is 25.3 Å². The van der Waals surface area contributed by atoms with Crippen molar-refractivity contribution < 1.29 is 13.9 Å². The third-order valence-corrected chi connectivity index (χ3v) is 3.18. The van der Waals surface area contributed by atoms with E-state index in [-0.39, 0.29) is 11.0 Å². The number of ketones is 1. The first-order valence-corrected chi connectivity index (χ1v) is 6.28. The second-order valence-corrected chi connectivity index (χ2v) is 4.63.